The minimum Gasteiger partial charge on any atom is -0.349 e. The summed E-state index contributed by atoms with van der Waals surface area (Å²) in [5.74, 6) is 0. The third-order valence-corrected chi connectivity index (χ3v) is 4.73. The third kappa shape index (κ3) is 2.88. The summed E-state index contributed by atoms with van der Waals surface area (Å²) in [6.07, 6.45) is -4.65. The molecule has 0 atom stereocenters. The second-order valence-corrected chi connectivity index (χ2v) is 5.85. The van der Waals surface area contributed by atoms with E-state index in [9.17, 15) is 13.2 Å². The Balaban J connectivity index is 2.77. The van der Waals surface area contributed by atoms with Gasteiger partial charge in [0.1, 0.15) is 11.8 Å². The molecule has 0 spiro atoms. The number of nitriles is 1. The number of halogens is 7. The number of aromatic nitrogens is 1. The lowest BCUT2D eigenvalue weighted by Gasteiger charge is -2.07. The summed E-state index contributed by atoms with van der Waals surface area (Å²) in [5.41, 5.74) is -1.22. The molecule has 2 aromatic rings. The summed E-state index contributed by atoms with van der Waals surface area (Å²) in [6, 6.07) is 4.47. The number of hydrogen-bond donors (Lipinski definition) is 1. The summed E-state index contributed by atoms with van der Waals surface area (Å²) in [4.78, 5) is 2.16. The molecular weight excluding hydrogens is 415 g/mol. The van der Waals surface area contributed by atoms with Gasteiger partial charge in [-0.3, -0.25) is 0 Å². The number of nitrogens with one attached hydrogen (secondary N) is 1. The molecule has 0 saturated heterocycles. The van der Waals surface area contributed by atoms with Crippen LogP contribution in [0.4, 0.5) is 13.2 Å². The Morgan fingerprint density at radius 2 is 1.76 bits per heavy atom. The molecule has 2 nitrogen and oxygen atoms in total. The second kappa shape index (κ2) is 5.73. The molecule has 0 bridgehead atoms. The Morgan fingerprint density at radius 3 is 2.29 bits per heavy atom. The standard InChI is InChI=1S/C12H3BrCl3F3N2/c13-7-5(3-20)10(21-11(7)12(17,18)19)4-1-2-6(14)9(16)8(4)15/h1-2,21H. The van der Waals surface area contributed by atoms with Gasteiger partial charge in [0.15, 0.2) is 0 Å². The lowest BCUT2D eigenvalue weighted by atomic mass is 10.1. The van der Waals surface area contributed by atoms with Crippen LogP contribution in [0.5, 0.6) is 0 Å². The van der Waals surface area contributed by atoms with Crippen molar-refractivity contribution in [2.75, 3.05) is 0 Å². The van der Waals surface area contributed by atoms with Crippen molar-refractivity contribution in [2.24, 2.45) is 0 Å². The third-order valence-electron chi connectivity index (χ3n) is 2.64. The van der Waals surface area contributed by atoms with Gasteiger partial charge in [0.05, 0.1) is 30.8 Å². The monoisotopic (exact) mass is 416 g/mol. The molecule has 0 radical (unpaired) electrons. The number of H-pyrrole nitrogens is 1. The summed E-state index contributed by atoms with van der Waals surface area (Å²) in [7, 11) is 0. The Hall–Kier alpha value is -0.870. The summed E-state index contributed by atoms with van der Waals surface area (Å²) in [6.45, 7) is 0. The van der Waals surface area contributed by atoms with Crippen molar-refractivity contribution in [1.82, 2.24) is 4.98 Å². The van der Waals surface area contributed by atoms with Crippen LogP contribution in [0.1, 0.15) is 11.3 Å². The van der Waals surface area contributed by atoms with E-state index in [1.807, 2.05) is 0 Å². The van der Waals surface area contributed by atoms with Gasteiger partial charge >= 0.3 is 6.18 Å². The number of alkyl halides is 3. The van der Waals surface area contributed by atoms with E-state index in [-0.39, 0.29) is 36.4 Å². The maximum absolute atomic E-state index is 12.9. The van der Waals surface area contributed by atoms with Gasteiger partial charge in [-0.05, 0) is 28.1 Å². The van der Waals surface area contributed by atoms with Crippen LogP contribution in [0.3, 0.4) is 0 Å². The van der Waals surface area contributed by atoms with E-state index in [2.05, 4.69) is 20.9 Å². The zero-order valence-corrected chi connectivity index (χ0v) is 13.6. The van der Waals surface area contributed by atoms with Crippen LogP contribution in [0.25, 0.3) is 11.3 Å². The highest BCUT2D eigenvalue weighted by molar-refractivity contribution is 9.10. The van der Waals surface area contributed by atoms with Crippen LogP contribution in [-0.2, 0) is 6.18 Å². The molecule has 1 aromatic carbocycles. The topological polar surface area (TPSA) is 39.6 Å². The van der Waals surface area contributed by atoms with Crippen LogP contribution in [-0.4, -0.2) is 4.98 Å². The highest BCUT2D eigenvalue weighted by Crippen LogP contribution is 2.44. The SMILES string of the molecule is N#Cc1c(-c2ccc(Cl)c(Cl)c2Cl)[nH]c(C(F)(F)F)c1Br. The maximum atomic E-state index is 12.9. The van der Waals surface area contributed by atoms with E-state index < -0.39 is 11.9 Å². The lowest BCUT2D eigenvalue weighted by Crippen LogP contribution is -2.06. The molecule has 1 aromatic heterocycles. The zero-order valence-electron chi connectivity index (χ0n) is 9.75. The summed E-state index contributed by atoms with van der Waals surface area (Å²) < 4.78 is 38.3. The van der Waals surface area contributed by atoms with Gasteiger partial charge in [-0.25, -0.2) is 0 Å². The molecule has 9 heteroatoms. The molecule has 21 heavy (non-hydrogen) atoms. The van der Waals surface area contributed by atoms with Crippen LogP contribution in [0.2, 0.25) is 15.1 Å². The van der Waals surface area contributed by atoms with E-state index in [4.69, 9.17) is 40.1 Å². The molecule has 1 heterocycles. The Labute approximate surface area is 140 Å². The molecule has 0 amide bonds. The fourth-order valence-corrected chi connectivity index (χ4v) is 2.94. The van der Waals surface area contributed by atoms with E-state index >= 15 is 0 Å². The van der Waals surface area contributed by atoms with Crippen molar-refractivity contribution in [3.8, 4) is 17.3 Å². The number of nitrogens with zero attached hydrogens (tertiary/aromatic N) is 1. The van der Waals surface area contributed by atoms with E-state index in [0.717, 1.165) is 0 Å². The van der Waals surface area contributed by atoms with Gasteiger partial charge in [0, 0.05) is 5.56 Å². The van der Waals surface area contributed by atoms with E-state index in [1.165, 1.54) is 12.1 Å². The summed E-state index contributed by atoms with van der Waals surface area (Å²) in [5, 5.41) is 9.20. The molecule has 0 unspecified atom stereocenters. The van der Waals surface area contributed by atoms with E-state index in [0.29, 0.717) is 0 Å². The molecule has 1 N–H and O–H groups in total. The molecule has 110 valence electrons. The fourth-order valence-electron chi connectivity index (χ4n) is 1.70. The zero-order chi connectivity index (χ0) is 15.9. The number of rotatable bonds is 1. The van der Waals surface area contributed by atoms with Crippen molar-refractivity contribution in [2.45, 2.75) is 6.18 Å². The number of aromatic amines is 1. The lowest BCUT2D eigenvalue weighted by molar-refractivity contribution is -0.141. The van der Waals surface area contributed by atoms with E-state index in [1.54, 1.807) is 6.07 Å². The Morgan fingerprint density at radius 1 is 1.14 bits per heavy atom. The van der Waals surface area contributed by atoms with Gasteiger partial charge in [-0.2, -0.15) is 18.4 Å². The highest BCUT2D eigenvalue weighted by Gasteiger charge is 2.37. The minimum atomic E-state index is -4.65. The van der Waals surface area contributed by atoms with Crippen molar-refractivity contribution < 1.29 is 13.2 Å². The molecule has 0 fully saturated rings. The Kier molecular flexibility index (Phi) is 4.50. The number of benzene rings is 1. The van der Waals surface area contributed by atoms with Crippen molar-refractivity contribution >= 4 is 50.7 Å². The van der Waals surface area contributed by atoms with Crippen LogP contribution in [0.15, 0.2) is 16.6 Å². The molecule has 2 rings (SSSR count). The van der Waals surface area contributed by atoms with Gasteiger partial charge in [0.2, 0.25) is 0 Å². The van der Waals surface area contributed by atoms with Gasteiger partial charge in [-0.15, -0.1) is 0 Å². The molecule has 0 aliphatic carbocycles. The summed E-state index contributed by atoms with van der Waals surface area (Å²) >= 11 is 20.4. The molecule has 0 saturated carbocycles. The smallest absolute Gasteiger partial charge is 0.349 e. The maximum Gasteiger partial charge on any atom is 0.432 e. The average Bonchev–Trinajstić information content (AvgIpc) is 2.73. The van der Waals surface area contributed by atoms with Crippen molar-refractivity contribution in [1.29, 1.82) is 5.26 Å². The normalized spacial score (nSPS) is 11.5. The van der Waals surface area contributed by atoms with Crippen LogP contribution < -0.4 is 0 Å². The van der Waals surface area contributed by atoms with Crippen LogP contribution in [0, 0.1) is 11.3 Å². The number of hydrogen-bond acceptors (Lipinski definition) is 1. The van der Waals surface area contributed by atoms with Gasteiger partial charge < -0.3 is 4.98 Å². The van der Waals surface area contributed by atoms with Gasteiger partial charge in [-0.1, -0.05) is 34.8 Å². The predicted molar refractivity (Wildman–Crippen MR) is 78.7 cm³/mol. The average molecular weight is 418 g/mol. The molecular formula is C12H3BrCl3F3N2. The first-order valence-electron chi connectivity index (χ1n) is 5.21. The van der Waals surface area contributed by atoms with Crippen LogP contribution >= 0.6 is 50.7 Å². The van der Waals surface area contributed by atoms with Gasteiger partial charge in [0.25, 0.3) is 0 Å². The minimum absolute atomic E-state index is 0.000922. The largest absolute Gasteiger partial charge is 0.432 e. The first-order chi connectivity index (χ1) is 9.68. The first kappa shape index (κ1) is 16.5. The molecule has 0 aliphatic rings. The fraction of sp³-hybridized carbons (Fsp3) is 0.0833. The Bertz CT molecular complexity index is 763. The van der Waals surface area contributed by atoms with Crippen molar-refractivity contribution in [3.63, 3.8) is 0 Å². The highest BCUT2D eigenvalue weighted by atomic mass is 79.9. The first-order valence-corrected chi connectivity index (χ1v) is 7.13. The quantitative estimate of drug-likeness (QED) is 0.543. The predicted octanol–water partition coefficient (Wildman–Crippen LogP) is 6.29. The molecule has 0 aliphatic heterocycles. The second-order valence-electron chi connectivity index (χ2n) is 3.90. The van der Waals surface area contributed by atoms with Crippen molar-refractivity contribution in [3.05, 3.63) is 42.9 Å².